The Balaban J connectivity index is 1.67. The van der Waals surface area contributed by atoms with Gasteiger partial charge in [-0.05, 0) is 18.6 Å². The van der Waals surface area contributed by atoms with Crippen LogP contribution in [0.5, 0.6) is 0 Å². The van der Waals surface area contributed by atoms with E-state index in [4.69, 9.17) is 9.97 Å². The molecule has 0 aliphatic rings. The van der Waals surface area contributed by atoms with E-state index in [0.717, 1.165) is 27.2 Å². The summed E-state index contributed by atoms with van der Waals surface area (Å²) in [6.45, 7) is 2.45. The number of nitrogens with zero attached hydrogens (tertiary/aromatic N) is 2. The van der Waals surface area contributed by atoms with E-state index in [-0.39, 0.29) is 0 Å². The Morgan fingerprint density at radius 1 is 1.00 bits per heavy atom. The highest BCUT2D eigenvalue weighted by Crippen LogP contribution is 2.31. The first-order valence-corrected chi connectivity index (χ1v) is 9.33. The van der Waals surface area contributed by atoms with Crippen LogP contribution in [0.25, 0.3) is 21.6 Å². The number of hydrogen-bond acceptors (Lipinski definition) is 5. The molecule has 130 valence electrons. The van der Waals surface area contributed by atoms with Gasteiger partial charge in [0.2, 0.25) is 0 Å². The van der Waals surface area contributed by atoms with Crippen LogP contribution >= 0.6 is 11.3 Å². The molecule has 0 fully saturated rings. The number of thiophene rings is 1. The van der Waals surface area contributed by atoms with Crippen molar-refractivity contribution >= 4 is 27.4 Å². The van der Waals surface area contributed by atoms with Crippen LogP contribution in [0.3, 0.4) is 0 Å². The molecule has 0 saturated carbocycles. The number of aliphatic hydroxyl groups excluding tert-OH is 1. The minimum atomic E-state index is -0.596. The number of benzene rings is 2. The molecular weight excluding hydrogens is 342 g/mol. The maximum absolute atomic E-state index is 10.4. The van der Waals surface area contributed by atoms with E-state index < -0.39 is 6.10 Å². The molecule has 0 aliphatic carbocycles. The van der Waals surface area contributed by atoms with E-state index >= 15 is 0 Å². The third-order valence-electron chi connectivity index (χ3n) is 4.20. The normalized spacial score (nSPS) is 12.2. The van der Waals surface area contributed by atoms with Gasteiger partial charge >= 0.3 is 0 Å². The van der Waals surface area contributed by atoms with Gasteiger partial charge < -0.3 is 10.4 Å². The molecule has 4 rings (SSSR count). The fourth-order valence-corrected chi connectivity index (χ4v) is 3.76. The molecule has 0 spiro atoms. The summed E-state index contributed by atoms with van der Waals surface area (Å²) in [4.78, 5) is 11.6. The largest absolute Gasteiger partial charge is 0.387 e. The summed E-state index contributed by atoms with van der Waals surface area (Å²) < 4.78 is 0. The second kappa shape index (κ2) is 7.23. The summed E-state index contributed by atoms with van der Waals surface area (Å²) in [6, 6.07) is 21.7. The summed E-state index contributed by atoms with van der Waals surface area (Å²) >= 11 is 1.65. The number of aliphatic hydroxyl groups is 1. The Hall–Kier alpha value is -2.76. The molecule has 5 heteroatoms. The number of aromatic nitrogens is 2. The van der Waals surface area contributed by atoms with Crippen LogP contribution in [0.2, 0.25) is 0 Å². The van der Waals surface area contributed by atoms with Gasteiger partial charge in [0.05, 0.1) is 11.5 Å². The second-order valence-electron chi connectivity index (χ2n) is 6.15. The Morgan fingerprint density at radius 3 is 2.42 bits per heavy atom. The maximum atomic E-state index is 10.4. The highest BCUT2D eigenvalue weighted by molar-refractivity contribution is 7.18. The number of rotatable bonds is 5. The first-order chi connectivity index (χ1) is 12.7. The van der Waals surface area contributed by atoms with Crippen LogP contribution in [0.15, 0.2) is 66.7 Å². The molecule has 2 N–H and O–H groups in total. The molecule has 0 bridgehead atoms. The van der Waals surface area contributed by atoms with E-state index in [9.17, 15) is 5.11 Å². The van der Waals surface area contributed by atoms with Crippen LogP contribution in [-0.2, 0) is 0 Å². The Kier molecular flexibility index (Phi) is 4.65. The van der Waals surface area contributed by atoms with Crippen LogP contribution in [0.1, 0.15) is 16.5 Å². The van der Waals surface area contributed by atoms with Crippen LogP contribution < -0.4 is 5.32 Å². The van der Waals surface area contributed by atoms with Gasteiger partial charge in [0.1, 0.15) is 10.6 Å². The molecule has 4 aromatic rings. The lowest BCUT2D eigenvalue weighted by Gasteiger charge is -2.14. The summed E-state index contributed by atoms with van der Waals surface area (Å²) in [5.41, 5.74) is 1.86. The van der Waals surface area contributed by atoms with Gasteiger partial charge in [-0.3, -0.25) is 0 Å². The molecule has 0 amide bonds. The molecule has 1 unspecified atom stereocenters. The lowest BCUT2D eigenvalue weighted by molar-refractivity contribution is 0.191. The predicted molar refractivity (Wildman–Crippen MR) is 107 cm³/mol. The van der Waals surface area contributed by atoms with Crippen molar-refractivity contribution in [2.24, 2.45) is 0 Å². The van der Waals surface area contributed by atoms with Gasteiger partial charge in [0.15, 0.2) is 5.82 Å². The van der Waals surface area contributed by atoms with Crippen molar-refractivity contribution in [3.05, 3.63) is 77.2 Å². The number of aryl methyl sites for hydroxylation is 1. The smallest absolute Gasteiger partial charge is 0.163 e. The molecule has 1 atom stereocenters. The van der Waals surface area contributed by atoms with Gasteiger partial charge in [0, 0.05) is 17.0 Å². The second-order valence-corrected chi connectivity index (χ2v) is 7.38. The molecule has 2 aromatic heterocycles. The zero-order valence-electron chi connectivity index (χ0n) is 14.4. The zero-order valence-corrected chi connectivity index (χ0v) is 15.2. The number of hydrogen-bond donors (Lipinski definition) is 2. The lowest BCUT2D eigenvalue weighted by atomic mass is 10.1. The molecule has 0 saturated heterocycles. The van der Waals surface area contributed by atoms with Crippen molar-refractivity contribution < 1.29 is 5.11 Å². The van der Waals surface area contributed by atoms with Crippen LogP contribution in [0, 0.1) is 6.92 Å². The van der Waals surface area contributed by atoms with Gasteiger partial charge in [-0.25, -0.2) is 9.97 Å². The van der Waals surface area contributed by atoms with E-state index in [1.807, 2.05) is 60.7 Å². The zero-order chi connectivity index (χ0) is 17.9. The van der Waals surface area contributed by atoms with Gasteiger partial charge in [-0.15, -0.1) is 11.3 Å². The standard InChI is InChI=1S/C21H19N3OS/c1-14-12-17-20(22-13-18(25)15-8-4-2-5-9-15)23-19(24-21(17)26-14)16-10-6-3-7-11-16/h2-12,18,25H,13H2,1H3,(H,22,23,24). The molecule has 2 aromatic carbocycles. The first-order valence-electron chi connectivity index (χ1n) is 8.51. The molecule has 4 nitrogen and oxygen atoms in total. The first kappa shape index (κ1) is 16.7. The highest BCUT2D eigenvalue weighted by Gasteiger charge is 2.13. The SMILES string of the molecule is Cc1cc2c(NCC(O)c3ccccc3)nc(-c3ccccc3)nc2s1. The average molecular weight is 361 g/mol. The summed E-state index contributed by atoms with van der Waals surface area (Å²) in [5, 5.41) is 14.8. The summed E-state index contributed by atoms with van der Waals surface area (Å²) in [6.07, 6.45) is -0.596. The monoisotopic (exact) mass is 361 g/mol. The van der Waals surface area contributed by atoms with Crippen molar-refractivity contribution in [1.82, 2.24) is 9.97 Å². The minimum absolute atomic E-state index is 0.388. The Bertz CT molecular complexity index is 1020. The van der Waals surface area contributed by atoms with Gasteiger partial charge in [-0.2, -0.15) is 0 Å². The minimum Gasteiger partial charge on any atom is -0.387 e. The Morgan fingerprint density at radius 2 is 1.69 bits per heavy atom. The third-order valence-corrected chi connectivity index (χ3v) is 5.14. The van der Waals surface area contributed by atoms with Gasteiger partial charge in [-0.1, -0.05) is 60.7 Å². The van der Waals surface area contributed by atoms with Crippen LogP contribution in [0.4, 0.5) is 5.82 Å². The van der Waals surface area contributed by atoms with Crippen LogP contribution in [-0.4, -0.2) is 21.6 Å². The van der Waals surface area contributed by atoms with Crippen molar-refractivity contribution in [2.75, 3.05) is 11.9 Å². The van der Waals surface area contributed by atoms with E-state index in [0.29, 0.717) is 12.4 Å². The molecule has 0 aliphatic heterocycles. The highest BCUT2D eigenvalue weighted by atomic mass is 32.1. The Labute approximate surface area is 156 Å². The fourth-order valence-electron chi connectivity index (χ4n) is 2.88. The molecule has 2 heterocycles. The summed E-state index contributed by atoms with van der Waals surface area (Å²) in [7, 11) is 0. The van der Waals surface area contributed by atoms with Crippen molar-refractivity contribution in [3.63, 3.8) is 0 Å². The topological polar surface area (TPSA) is 58.0 Å². The number of anilines is 1. The fraction of sp³-hybridized carbons (Fsp3) is 0.143. The van der Waals surface area contributed by atoms with E-state index in [1.54, 1.807) is 11.3 Å². The van der Waals surface area contributed by atoms with Gasteiger partial charge in [0.25, 0.3) is 0 Å². The maximum Gasteiger partial charge on any atom is 0.163 e. The molecule has 26 heavy (non-hydrogen) atoms. The van der Waals surface area contributed by atoms with E-state index in [2.05, 4.69) is 18.3 Å². The van der Waals surface area contributed by atoms with Crippen molar-refractivity contribution in [1.29, 1.82) is 0 Å². The third kappa shape index (κ3) is 3.45. The van der Waals surface area contributed by atoms with E-state index in [1.165, 1.54) is 4.88 Å². The quantitative estimate of drug-likeness (QED) is 0.535. The van der Waals surface area contributed by atoms with Crippen molar-refractivity contribution in [3.8, 4) is 11.4 Å². The lowest BCUT2D eigenvalue weighted by Crippen LogP contribution is -2.13. The number of nitrogens with one attached hydrogen (secondary N) is 1. The van der Waals surface area contributed by atoms with Crippen molar-refractivity contribution in [2.45, 2.75) is 13.0 Å². The molecule has 0 radical (unpaired) electrons. The summed E-state index contributed by atoms with van der Waals surface area (Å²) in [5.74, 6) is 1.45. The average Bonchev–Trinajstić information content (AvgIpc) is 3.07. The molecular formula is C21H19N3OS. The number of fused-ring (bicyclic) bond motifs is 1. The predicted octanol–water partition coefficient (Wildman–Crippen LogP) is 4.81.